The van der Waals surface area contributed by atoms with Gasteiger partial charge in [0.15, 0.2) is 0 Å². The fraction of sp³-hybridized carbons (Fsp3) is 0.500. The summed E-state index contributed by atoms with van der Waals surface area (Å²) in [6.45, 7) is 4.01. The van der Waals surface area contributed by atoms with Crippen LogP contribution in [-0.4, -0.2) is 48.9 Å². The van der Waals surface area contributed by atoms with Crippen LogP contribution in [0.25, 0.3) is 0 Å². The Morgan fingerprint density at radius 2 is 2.11 bits per heavy atom. The van der Waals surface area contributed by atoms with Gasteiger partial charge in [0.1, 0.15) is 0 Å². The van der Waals surface area contributed by atoms with Crippen LogP contribution in [0.1, 0.15) is 23.2 Å². The molecule has 2 N–H and O–H groups in total. The second kappa shape index (κ2) is 6.39. The van der Waals surface area contributed by atoms with Gasteiger partial charge in [-0.3, -0.25) is 4.79 Å². The van der Waals surface area contributed by atoms with E-state index >= 15 is 0 Å². The number of halogens is 1. The van der Waals surface area contributed by atoms with Crippen LogP contribution in [0, 0.1) is 0 Å². The summed E-state index contributed by atoms with van der Waals surface area (Å²) in [7, 11) is 1.84. The fourth-order valence-corrected chi connectivity index (χ4v) is 2.75. The highest BCUT2D eigenvalue weighted by molar-refractivity contribution is 9.10. The van der Waals surface area contributed by atoms with Gasteiger partial charge in [-0.05, 0) is 54.0 Å². The van der Waals surface area contributed by atoms with Crippen molar-refractivity contribution in [3.05, 3.63) is 28.2 Å². The molecule has 1 aliphatic heterocycles. The predicted octanol–water partition coefficient (Wildman–Crippen LogP) is 2.20. The fourth-order valence-electron chi connectivity index (χ4n) is 2.32. The molecule has 19 heavy (non-hydrogen) atoms. The predicted molar refractivity (Wildman–Crippen MR) is 81.2 cm³/mol. The van der Waals surface area contributed by atoms with Gasteiger partial charge >= 0.3 is 0 Å². The van der Waals surface area contributed by atoms with E-state index in [1.54, 1.807) is 17.0 Å². The molecule has 1 fully saturated rings. The lowest BCUT2D eigenvalue weighted by Gasteiger charge is -2.22. The zero-order valence-corrected chi connectivity index (χ0v) is 12.8. The molecule has 1 heterocycles. The zero-order chi connectivity index (χ0) is 13.8. The first-order valence-corrected chi connectivity index (χ1v) is 7.40. The largest absolute Gasteiger partial charge is 0.398 e. The lowest BCUT2D eigenvalue weighted by molar-refractivity contribution is 0.0781. The van der Waals surface area contributed by atoms with E-state index in [1.807, 2.05) is 13.1 Å². The van der Waals surface area contributed by atoms with Gasteiger partial charge in [0.25, 0.3) is 5.91 Å². The Kier molecular flexibility index (Phi) is 4.82. The van der Waals surface area contributed by atoms with Gasteiger partial charge in [-0.2, -0.15) is 0 Å². The van der Waals surface area contributed by atoms with E-state index in [-0.39, 0.29) is 5.91 Å². The number of hydrogen-bond donors (Lipinski definition) is 1. The summed E-state index contributed by atoms with van der Waals surface area (Å²) in [4.78, 5) is 16.5. The standard InChI is InChI=1S/C14H20BrN3O/c1-17(9-10-18-7-2-3-8-18)14(19)11-5-4-6-12(16)13(11)15/h4-6H,2-3,7-10,16H2,1H3. The summed E-state index contributed by atoms with van der Waals surface area (Å²) in [6.07, 6.45) is 2.55. The van der Waals surface area contributed by atoms with Crippen molar-refractivity contribution in [3.63, 3.8) is 0 Å². The van der Waals surface area contributed by atoms with Crippen molar-refractivity contribution < 1.29 is 4.79 Å². The van der Waals surface area contributed by atoms with Gasteiger partial charge in [0.05, 0.1) is 10.0 Å². The number of likely N-dealkylation sites (N-methyl/N-ethyl adjacent to an activating group) is 1. The molecule has 1 saturated heterocycles. The molecule has 0 atom stereocenters. The van der Waals surface area contributed by atoms with Crippen LogP contribution in [0.3, 0.4) is 0 Å². The number of rotatable bonds is 4. The Balaban J connectivity index is 1.96. The highest BCUT2D eigenvalue weighted by atomic mass is 79.9. The molecule has 0 aromatic heterocycles. The third-order valence-electron chi connectivity index (χ3n) is 3.56. The number of likely N-dealkylation sites (tertiary alicyclic amines) is 1. The summed E-state index contributed by atoms with van der Waals surface area (Å²) in [5, 5.41) is 0. The molecule has 2 rings (SSSR count). The smallest absolute Gasteiger partial charge is 0.254 e. The van der Waals surface area contributed by atoms with E-state index in [4.69, 9.17) is 5.73 Å². The van der Waals surface area contributed by atoms with Crippen LogP contribution in [0.5, 0.6) is 0 Å². The van der Waals surface area contributed by atoms with Crippen LogP contribution in [0.2, 0.25) is 0 Å². The molecule has 0 saturated carbocycles. The first kappa shape index (κ1) is 14.3. The Labute approximate surface area is 122 Å². The van der Waals surface area contributed by atoms with E-state index in [2.05, 4.69) is 20.8 Å². The van der Waals surface area contributed by atoms with E-state index in [9.17, 15) is 4.79 Å². The number of benzene rings is 1. The Morgan fingerprint density at radius 3 is 2.79 bits per heavy atom. The molecule has 0 aliphatic carbocycles. The lowest BCUT2D eigenvalue weighted by Crippen LogP contribution is -2.35. The third-order valence-corrected chi connectivity index (χ3v) is 4.44. The number of nitrogens with two attached hydrogens (primary N) is 1. The molecule has 1 aliphatic rings. The number of nitrogens with zero attached hydrogens (tertiary/aromatic N) is 2. The average Bonchev–Trinajstić information content (AvgIpc) is 2.91. The summed E-state index contributed by atoms with van der Waals surface area (Å²) in [6, 6.07) is 5.39. The maximum atomic E-state index is 12.3. The molecular weight excluding hydrogens is 306 g/mol. The van der Waals surface area contributed by atoms with Crippen LogP contribution in [0.4, 0.5) is 5.69 Å². The molecule has 1 aromatic rings. The van der Waals surface area contributed by atoms with E-state index < -0.39 is 0 Å². The maximum Gasteiger partial charge on any atom is 0.254 e. The van der Waals surface area contributed by atoms with E-state index in [1.165, 1.54) is 12.8 Å². The number of hydrogen-bond acceptors (Lipinski definition) is 3. The molecule has 1 aromatic carbocycles. The molecule has 4 nitrogen and oxygen atoms in total. The third kappa shape index (κ3) is 3.48. The van der Waals surface area contributed by atoms with Crippen LogP contribution < -0.4 is 5.73 Å². The van der Waals surface area contributed by atoms with Gasteiger partial charge in [-0.15, -0.1) is 0 Å². The first-order valence-electron chi connectivity index (χ1n) is 6.61. The Bertz CT molecular complexity index is 458. The first-order chi connectivity index (χ1) is 9.09. The van der Waals surface area contributed by atoms with E-state index in [0.717, 1.165) is 26.2 Å². The van der Waals surface area contributed by atoms with Crippen LogP contribution in [-0.2, 0) is 0 Å². The number of nitrogen functional groups attached to an aromatic ring is 1. The van der Waals surface area contributed by atoms with Gasteiger partial charge in [-0.25, -0.2) is 0 Å². The molecule has 1 amide bonds. The summed E-state index contributed by atoms with van der Waals surface area (Å²) >= 11 is 3.38. The van der Waals surface area contributed by atoms with Crippen molar-refractivity contribution in [1.82, 2.24) is 9.80 Å². The van der Waals surface area contributed by atoms with Crippen molar-refractivity contribution in [2.24, 2.45) is 0 Å². The van der Waals surface area contributed by atoms with Crippen LogP contribution in [0.15, 0.2) is 22.7 Å². The second-order valence-corrected chi connectivity index (χ2v) is 5.78. The summed E-state index contributed by atoms with van der Waals surface area (Å²) < 4.78 is 0.688. The number of anilines is 1. The minimum atomic E-state index is 0.0124. The summed E-state index contributed by atoms with van der Waals surface area (Å²) in [5.41, 5.74) is 7.03. The number of carbonyl (C=O) groups is 1. The molecule has 0 unspecified atom stereocenters. The van der Waals surface area contributed by atoms with Gasteiger partial charge in [0, 0.05) is 25.8 Å². The zero-order valence-electron chi connectivity index (χ0n) is 11.2. The van der Waals surface area contributed by atoms with Crippen molar-refractivity contribution in [1.29, 1.82) is 0 Å². The Morgan fingerprint density at radius 1 is 1.42 bits per heavy atom. The lowest BCUT2D eigenvalue weighted by atomic mass is 10.2. The summed E-state index contributed by atoms with van der Waals surface area (Å²) in [5.74, 6) is 0.0124. The number of amides is 1. The highest BCUT2D eigenvalue weighted by Gasteiger charge is 2.18. The van der Waals surface area contributed by atoms with Gasteiger partial charge in [-0.1, -0.05) is 6.07 Å². The van der Waals surface area contributed by atoms with Gasteiger partial charge in [0.2, 0.25) is 0 Å². The minimum Gasteiger partial charge on any atom is -0.398 e. The van der Waals surface area contributed by atoms with Crippen molar-refractivity contribution in [2.45, 2.75) is 12.8 Å². The topological polar surface area (TPSA) is 49.6 Å². The van der Waals surface area contributed by atoms with Crippen molar-refractivity contribution >= 4 is 27.5 Å². The second-order valence-electron chi connectivity index (χ2n) is 4.98. The van der Waals surface area contributed by atoms with E-state index in [0.29, 0.717) is 15.7 Å². The normalized spacial score (nSPS) is 15.7. The average molecular weight is 326 g/mol. The molecule has 0 radical (unpaired) electrons. The van der Waals surface area contributed by atoms with Gasteiger partial charge < -0.3 is 15.5 Å². The molecule has 0 spiro atoms. The minimum absolute atomic E-state index is 0.0124. The molecule has 104 valence electrons. The SMILES string of the molecule is CN(CCN1CCCC1)C(=O)c1cccc(N)c1Br. The maximum absolute atomic E-state index is 12.3. The number of carbonyl (C=O) groups excluding carboxylic acids is 1. The molecule has 5 heteroatoms. The quantitative estimate of drug-likeness (QED) is 0.863. The van der Waals surface area contributed by atoms with Crippen molar-refractivity contribution in [3.8, 4) is 0 Å². The highest BCUT2D eigenvalue weighted by Crippen LogP contribution is 2.24. The monoisotopic (exact) mass is 325 g/mol. The van der Waals surface area contributed by atoms with Crippen molar-refractivity contribution in [2.75, 3.05) is 39.0 Å². The molecule has 0 bridgehead atoms. The van der Waals surface area contributed by atoms with Crippen LogP contribution >= 0.6 is 15.9 Å². The molecular formula is C14H20BrN3O. The Hall–Kier alpha value is -1.07.